The number of carbonyl (C=O) groups excluding carboxylic acids is 4. The fourth-order valence-electron chi connectivity index (χ4n) is 4.74. The molecule has 4 rings (SSSR count). The van der Waals surface area contributed by atoms with Crippen molar-refractivity contribution in [1.82, 2.24) is 15.5 Å². The first-order chi connectivity index (χ1) is 21.5. The van der Waals surface area contributed by atoms with E-state index in [1.165, 1.54) is 47.4 Å². The molecule has 3 amide bonds. The molecule has 45 heavy (non-hydrogen) atoms. The highest BCUT2D eigenvalue weighted by molar-refractivity contribution is 7.10. The molecule has 2 aromatic carbocycles. The summed E-state index contributed by atoms with van der Waals surface area (Å²) in [5.74, 6) is -1.32. The van der Waals surface area contributed by atoms with Gasteiger partial charge in [-0.25, -0.2) is 9.18 Å². The predicted molar refractivity (Wildman–Crippen MR) is 164 cm³/mol. The molecule has 0 aliphatic carbocycles. The van der Waals surface area contributed by atoms with Crippen molar-refractivity contribution in [3.05, 3.63) is 81.8 Å². The van der Waals surface area contributed by atoms with Gasteiger partial charge >= 0.3 is 5.97 Å². The molecular weight excluding hydrogens is 605 g/mol. The van der Waals surface area contributed by atoms with Gasteiger partial charge in [0.1, 0.15) is 23.4 Å². The highest BCUT2D eigenvalue weighted by atomic mass is 32.1. The van der Waals surface area contributed by atoms with E-state index in [9.17, 15) is 23.6 Å². The third kappa shape index (κ3) is 9.09. The molecule has 1 fully saturated rings. The monoisotopic (exact) mass is 639 g/mol. The standard InChI is InChI=1S/C31H34FN5O7S/c1-18(27-13-22(17-45-27)29(33)36-44-19(2)38)35-31(41)26-12-20(16-42-3)15-37(26)28(39)14-34-30(40)21-4-8-24(9-5-21)43-25-10-6-23(32)7-11-25/h4-11,13,17-18,20,26H,12,14-16H2,1-3H3,(H2,33,36)(H,34,40)(H,35,41)/t18-,20?,26+/m1/s1. The van der Waals surface area contributed by atoms with Crippen LogP contribution in [0.1, 0.15) is 47.1 Å². The Morgan fingerprint density at radius 2 is 1.76 bits per heavy atom. The number of nitrogens with zero attached hydrogens (tertiary/aromatic N) is 2. The molecule has 0 radical (unpaired) electrons. The number of thiophene rings is 1. The van der Waals surface area contributed by atoms with Crippen molar-refractivity contribution < 1.29 is 37.9 Å². The molecule has 3 aromatic rings. The van der Waals surface area contributed by atoms with Gasteiger partial charge in [-0.15, -0.1) is 11.3 Å². The van der Waals surface area contributed by atoms with Crippen molar-refractivity contribution in [3.63, 3.8) is 0 Å². The summed E-state index contributed by atoms with van der Waals surface area (Å²) in [6.45, 7) is 3.38. The van der Waals surface area contributed by atoms with Gasteiger partial charge in [0.05, 0.1) is 19.2 Å². The lowest BCUT2D eigenvalue weighted by molar-refractivity contribution is -0.141. The number of halogens is 1. The molecular formula is C31H34FN5O7S. The van der Waals surface area contributed by atoms with Crippen molar-refractivity contribution in [2.24, 2.45) is 16.8 Å². The quantitative estimate of drug-likeness (QED) is 0.118. The molecule has 12 nitrogen and oxygen atoms in total. The van der Waals surface area contributed by atoms with Crippen LogP contribution in [0.3, 0.4) is 0 Å². The molecule has 1 aromatic heterocycles. The van der Waals surface area contributed by atoms with Gasteiger partial charge in [0.25, 0.3) is 5.91 Å². The molecule has 1 aliphatic rings. The second kappa shape index (κ2) is 15.3. The molecule has 2 heterocycles. The molecule has 1 aliphatic heterocycles. The smallest absolute Gasteiger partial charge is 0.332 e. The van der Waals surface area contributed by atoms with Crippen molar-refractivity contribution in [3.8, 4) is 11.5 Å². The van der Waals surface area contributed by atoms with Gasteiger partial charge in [-0.1, -0.05) is 5.16 Å². The summed E-state index contributed by atoms with van der Waals surface area (Å²) >= 11 is 1.35. The lowest BCUT2D eigenvalue weighted by Crippen LogP contribution is -2.49. The van der Waals surface area contributed by atoms with Crippen molar-refractivity contribution >= 4 is 40.9 Å². The summed E-state index contributed by atoms with van der Waals surface area (Å²) in [6.07, 6.45) is 0.402. The Morgan fingerprint density at radius 1 is 1.09 bits per heavy atom. The third-order valence-corrected chi connectivity index (χ3v) is 8.07. The average Bonchev–Trinajstić information content (AvgIpc) is 3.69. The van der Waals surface area contributed by atoms with E-state index in [0.29, 0.717) is 42.2 Å². The number of rotatable bonds is 12. The van der Waals surface area contributed by atoms with Gasteiger partial charge in [0.15, 0.2) is 5.84 Å². The number of likely N-dealkylation sites (tertiary alicyclic amines) is 1. The normalized spacial score (nSPS) is 17.0. The summed E-state index contributed by atoms with van der Waals surface area (Å²) in [4.78, 5) is 57.2. The minimum atomic E-state index is -0.755. The van der Waals surface area contributed by atoms with Crippen LogP contribution in [0.5, 0.6) is 11.5 Å². The van der Waals surface area contributed by atoms with Crippen LogP contribution >= 0.6 is 11.3 Å². The maximum Gasteiger partial charge on any atom is 0.332 e. The fourth-order valence-corrected chi connectivity index (χ4v) is 5.65. The highest BCUT2D eigenvalue weighted by Crippen LogP contribution is 2.27. The maximum atomic E-state index is 13.4. The van der Waals surface area contributed by atoms with Crippen LogP contribution in [-0.4, -0.2) is 67.3 Å². The van der Waals surface area contributed by atoms with Gasteiger partial charge in [0, 0.05) is 47.9 Å². The Labute approximate surface area is 263 Å². The average molecular weight is 640 g/mol. The number of carbonyl (C=O) groups is 4. The first-order valence-electron chi connectivity index (χ1n) is 14.0. The van der Waals surface area contributed by atoms with Gasteiger partial charge in [-0.2, -0.15) is 0 Å². The van der Waals surface area contributed by atoms with Crippen LogP contribution in [0.25, 0.3) is 0 Å². The number of benzene rings is 2. The van der Waals surface area contributed by atoms with Crippen molar-refractivity contribution in [2.45, 2.75) is 32.4 Å². The van der Waals surface area contributed by atoms with Crippen LogP contribution in [0.15, 0.2) is 65.1 Å². The number of hydrogen-bond donors (Lipinski definition) is 3. The van der Waals surface area contributed by atoms with Gasteiger partial charge < -0.3 is 35.6 Å². The van der Waals surface area contributed by atoms with Crippen LogP contribution in [-0.2, 0) is 24.0 Å². The minimum Gasteiger partial charge on any atom is -0.457 e. The molecule has 1 saturated heterocycles. The van der Waals surface area contributed by atoms with E-state index in [1.54, 1.807) is 49.7 Å². The first-order valence-corrected chi connectivity index (χ1v) is 14.9. The number of amidine groups is 1. The fraction of sp³-hybridized carbons (Fsp3) is 0.323. The zero-order chi connectivity index (χ0) is 32.5. The summed E-state index contributed by atoms with van der Waals surface area (Å²) in [5.41, 5.74) is 6.72. The lowest BCUT2D eigenvalue weighted by atomic mass is 10.1. The Kier molecular flexibility index (Phi) is 11.2. The van der Waals surface area contributed by atoms with E-state index >= 15 is 0 Å². The molecule has 238 valence electrons. The van der Waals surface area contributed by atoms with E-state index in [-0.39, 0.29) is 30.0 Å². The van der Waals surface area contributed by atoms with E-state index in [4.69, 9.17) is 15.2 Å². The van der Waals surface area contributed by atoms with Crippen LogP contribution in [0, 0.1) is 11.7 Å². The number of nitrogens with one attached hydrogen (secondary N) is 2. The summed E-state index contributed by atoms with van der Waals surface area (Å²) < 4.78 is 24.0. The Morgan fingerprint density at radius 3 is 2.40 bits per heavy atom. The van der Waals surface area contributed by atoms with Gasteiger partial charge in [0.2, 0.25) is 11.8 Å². The highest BCUT2D eigenvalue weighted by Gasteiger charge is 2.40. The Hall–Kier alpha value is -4.82. The lowest BCUT2D eigenvalue weighted by Gasteiger charge is -2.25. The zero-order valence-corrected chi connectivity index (χ0v) is 25.8. The number of amides is 3. The second-order valence-corrected chi connectivity index (χ2v) is 11.4. The number of nitrogens with two attached hydrogens (primary N) is 1. The molecule has 14 heteroatoms. The summed E-state index contributed by atoms with van der Waals surface area (Å²) in [7, 11) is 1.56. The van der Waals surface area contributed by atoms with E-state index in [1.807, 2.05) is 0 Å². The first kappa shape index (κ1) is 33.1. The zero-order valence-electron chi connectivity index (χ0n) is 24.9. The van der Waals surface area contributed by atoms with Crippen LogP contribution in [0.2, 0.25) is 0 Å². The molecule has 3 atom stereocenters. The van der Waals surface area contributed by atoms with Crippen LogP contribution in [0.4, 0.5) is 4.39 Å². The maximum absolute atomic E-state index is 13.4. The Balaban J connectivity index is 1.34. The van der Waals surface area contributed by atoms with Crippen molar-refractivity contribution in [2.75, 3.05) is 26.8 Å². The predicted octanol–water partition coefficient (Wildman–Crippen LogP) is 3.33. The number of ether oxygens (including phenoxy) is 2. The number of hydrogen-bond acceptors (Lipinski definition) is 9. The molecule has 1 unspecified atom stereocenters. The van der Waals surface area contributed by atoms with Gasteiger partial charge in [-0.3, -0.25) is 14.4 Å². The molecule has 4 N–H and O–H groups in total. The summed E-state index contributed by atoms with van der Waals surface area (Å²) in [6, 6.07) is 12.4. The third-order valence-electron chi connectivity index (χ3n) is 6.95. The van der Waals surface area contributed by atoms with E-state index < -0.39 is 29.9 Å². The Bertz CT molecular complexity index is 1540. The number of methoxy groups -OCH3 is 1. The number of oxime groups is 1. The molecule has 0 spiro atoms. The molecule has 0 saturated carbocycles. The largest absolute Gasteiger partial charge is 0.457 e. The van der Waals surface area contributed by atoms with E-state index in [2.05, 4.69) is 20.6 Å². The SMILES string of the molecule is COCC1C[C@@H](C(=O)N[C@H](C)c2cc(C(N)=NOC(C)=O)cs2)N(C(=O)CNC(=O)c2ccc(Oc3ccc(F)cc3)cc2)C1. The van der Waals surface area contributed by atoms with E-state index in [0.717, 1.165) is 4.88 Å². The van der Waals surface area contributed by atoms with Crippen LogP contribution < -0.4 is 21.1 Å². The minimum absolute atomic E-state index is 0.0255. The molecule has 0 bridgehead atoms. The van der Waals surface area contributed by atoms with Gasteiger partial charge in [-0.05, 0) is 67.9 Å². The van der Waals surface area contributed by atoms with Crippen molar-refractivity contribution in [1.29, 1.82) is 0 Å². The topological polar surface area (TPSA) is 162 Å². The summed E-state index contributed by atoms with van der Waals surface area (Å²) in [5, 5.41) is 10.9. The second-order valence-electron chi connectivity index (χ2n) is 10.4.